The van der Waals surface area contributed by atoms with Crippen LogP contribution in [0.4, 0.5) is 4.79 Å². The molecule has 1 saturated heterocycles. The van der Waals surface area contributed by atoms with Gasteiger partial charge in [0.15, 0.2) is 0 Å². The van der Waals surface area contributed by atoms with E-state index < -0.39 is 0 Å². The number of aromatic nitrogens is 1. The molecule has 1 fully saturated rings. The van der Waals surface area contributed by atoms with E-state index in [2.05, 4.69) is 21.7 Å². The van der Waals surface area contributed by atoms with Crippen LogP contribution in [0.25, 0.3) is 11.8 Å². The Kier molecular flexibility index (Phi) is 1.74. The Balaban J connectivity index is 2.26. The zero-order valence-corrected chi connectivity index (χ0v) is 8.16. The summed E-state index contributed by atoms with van der Waals surface area (Å²) in [5, 5.41) is 7.72. The number of carbonyl (C=O) groups is 1. The van der Waals surface area contributed by atoms with Crippen LogP contribution >= 0.6 is 0 Å². The molecule has 0 aromatic carbocycles. The fraction of sp³-hybridized carbons (Fsp3) is 0.273. The van der Waals surface area contributed by atoms with Crippen molar-refractivity contribution >= 4 is 17.8 Å². The molecule has 0 radical (unpaired) electrons. The first-order valence-corrected chi connectivity index (χ1v) is 5.05. The molecular weight excluding hydrogens is 190 g/mol. The molecule has 0 saturated carbocycles. The highest BCUT2D eigenvalue weighted by Gasteiger charge is 2.24. The van der Waals surface area contributed by atoms with Crippen molar-refractivity contribution in [2.75, 3.05) is 6.54 Å². The molecule has 2 amide bonds. The van der Waals surface area contributed by atoms with Crippen LogP contribution in [-0.4, -0.2) is 17.6 Å². The summed E-state index contributed by atoms with van der Waals surface area (Å²) >= 11 is 0. The third kappa shape index (κ3) is 1.29. The van der Waals surface area contributed by atoms with Gasteiger partial charge in [-0.1, -0.05) is 6.08 Å². The Morgan fingerprint density at radius 1 is 1.47 bits per heavy atom. The molecule has 4 heteroatoms. The minimum atomic E-state index is -0.113. The lowest BCUT2D eigenvalue weighted by molar-refractivity contribution is 0.239. The number of hydrogen-bond acceptors (Lipinski definition) is 2. The monoisotopic (exact) mass is 201 g/mol. The number of nitrogens with zero attached hydrogens (tertiary/aromatic N) is 1. The number of amides is 2. The second-order valence-electron chi connectivity index (χ2n) is 3.82. The Morgan fingerprint density at radius 2 is 2.40 bits per heavy atom. The van der Waals surface area contributed by atoms with E-state index in [4.69, 9.17) is 0 Å². The predicted octanol–water partition coefficient (Wildman–Crippen LogP) is -0.697. The minimum Gasteiger partial charge on any atom is -0.337 e. The number of pyridine rings is 1. The zero-order chi connectivity index (χ0) is 10.3. The molecule has 76 valence electrons. The predicted molar refractivity (Wildman–Crippen MR) is 56.0 cm³/mol. The van der Waals surface area contributed by atoms with Crippen LogP contribution < -0.4 is 21.2 Å². The van der Waals surface area contributed by atoms with E-state index in [0.29, 0.717) is 12.5 Å². The molecule has 0 bridgehead atoms. The van der Waals surface area contributed by atoms with Crippen molar-refractivity contribution in [3.8, 4) is 0 Å². The van der Waals surface area contributed by atoms with E-state index in [0.717, 1.165) is 22.7 Å². The van der Waals surface area contributed by atoms with Gasteiger partial charge in [0, 0.05) is 29.6 Å². The highest BCUT2D eigenvalue weighted by molar-refractivity contribution is 5.84. The Bertz CT molecular complexity index is 535. The minimum absolute atomic E-state index is 0.113. The smallest absolute Gasteiger partial charge is 0.319 e. The molecule has 1 aromatic rings. The van der Waals surface area contributed by atoms with E-state index in [1.54, 1.807) is 6.20 Å². The average molecular weight is 201 g/mol. The second-order valence-corrected chi connectivity index (χ2v) is 3.82. The van der Waals surface area contributed by atoms with E-state index in [-0.39, 0.29) is 6.03 Å². The highest BCUT2D eigenvalue weighted by atomic mass is 16.2. The van der Waals surface area contributed by atoms with Crippen LogP contribution in [0, 0.1) is 5.92 Å². The quantitative estimate of drug-likeness (QED) is 0.583. The van der Waals surface area contributed by atoms with Gasteiger partial charge in [0.1, 0.15) is 0 Å². The first-order chi connectivity index (χ1) is 7.34. The van der Waals surface area contributed by atoms with Crippen LogP contribution in [0.5, 0.6) is 0 Å². The summed E-state index contributed by atoms with van der Waals surface area (Å²) in [7, 11) is 0. The van der Waals surface area contributed by atoms with Crippen LogP contribution in [-0.2, 0) is 0 Å². The first-order valence-electron chi connectivity index (χ1n) is 5.05. The normalized spacial score (nSPS) is 23.1. The first kappa shape index (κ1) is 8.47. The van der Waals surface area contributed by atoms with Crippen LogP contribution in [0.1, 0.15) is 6.42 Å². The van der Waals surface area contributed by atoms with Crippen LogP contribution in [0.3, 0.4) is 0 Å². The van der Waals surface area contributed by atoms with Crippen LogP contribution in [0.2, 0.25) is 0 Å². The van der Waals surface area contributed by atoms with Crippen molar-refractivity contribution in [2.24, 2.45) is 5.92 Å². The summed E-state index contributed by atoms with van der Waals surface area (Å²) in [6.45, 7) is 0.714. The van der Waals surface area contributed by atoms with E-state index in [9.17, 15) is 4.79 Å². The highest BCUT2D eigenvalue weighted by Crippen LogP contribution is 2.16. The lowest BCUT2D eigenvalue weighted by atomic mass is 9.94. The van der Waals surface area contributed by atoms with E-state index in [1.807, 2.05) is 12.1 Å². The molecule has 15 heavy (non-hydrogen) atoms. The van der Waals surface area contributed by atoms with Gasteiger partial charge in [-0.15, -0.1) is 0 Å². The third-order valence-corrected chi connectivity index (χ3v) is 2.89. The number of nitrogens with one attached hydrogen (secondary N) is 2. The fourth-order valence-electron chi connectivity index (χ4n) is 2.14. The molecule has 1 atom stereocenters. The average Bonchev–Trinajstić information content (AvgIpc) is 2.29. The molecule has 1 aromatic heterocycles. The largest absolute Gasteiger partial charge is 0.337 e. The molecule has 1 aliphatic carbocycles. The van der Waals surface area contributed by atoms with Gasteiger partial charge in [0.05, 0.1) is 5.35 Å². The maximum absolute atomic E-state index is 11.3. The van der Waals surface area contributed by atoms with Crippen molar-refractivity contribution < 1.29 is 4.79 Å². The standard InChI is InChI=1S/C11H11N3O/c15-11-13-6-7-3-4-9-8(10(7)14-11)2-1-5-12-9/h1-2,4-5,7H,3,6H2,(H2,13,14,15). The fourth-order valence-corrected chi connectivity index (χ4v) is 2.14. The van der Waals surface area contributed by atoms with E-state index in [1.165, 1.54) is 0 Å². The number of carbonyl (C=O) groups excluding carboxylic acids is 1. The Morgan fingerprint density at radius 3 is 3.33 bits per heavy atom. The molecule has 4 nitrogen and oxygen atoms in total. The Hall–Kier alpha value is -1.84. The van der Waals surface area contributed by atoms with E-state index >= 15 is 0 Å². The van der Waals surface area contributed by atoms with Crippen LogP contribution in [0.15, 0.2) is 18.3 Å². The summed E-state index contributed by atoms with van der Waals surface area (Å²) in [6, 6.07) is 3.79. The maximum atomic E-state index is 11.3. The summed E-state index contributed by atoms with van der Waals surface area (Å²) in [4.78, 5) is 15.5. The molecule has 2 aliphatic rings. The van der Waals surface area contributed by atoms with Gasteiger partial charge in [-0.05, 0) is 18.6 Å². The maximum Gasteiger partial charge on any atom is 0.319 e. The lowest BCUT2D eigenvalue weighted by Gasteiger charge is -2.27. The van der Waals surface area contributed by atoms with Gasteiger partial charge in [-0.25, -0.2) is 4.79 Å². The summed E-state index contributed by atoms with van der Waals surface area (Å²) in [5.74, 6) is 0.374. The molecular formula is C11H11N3O. The van der Waals surface area contributed by atoms with Gasteiger partial charge in [0.25, 0.3) is 0 Å². The third-order valence-electron chi connectivity index (χ3n) is 2.89. The zero-order valence-electron chi connectivity index (χ0n) is 8.16. The Labute approximate surface area is 86.7 Å². The number of rotatable bonds is 0. The van der Waals surface area contributed by atoms with Crippen molar-refractivity contribution in [1.82, 2.24) is 15.6 Å². The number of urea groups is 1. The number of hydrogen-bond donors (Lipinski definition) is 2. The van der Waals surface area contributed by atoms with Gasteiger partial charge in [0.2, 0.25) is 0 Å². The molecule has 2 heterocycles. The lowest BCUT2D eigenvalue weighted by Crippen LogP contribution is -2.51. The van der Waals surface area contributed by atoms with Gasteiger partial charge in [-0.2, -0.15) is 0 Å². The summed E-state index contributed by atoms with van der Waals surface area (Å²) in [6.07, 6.45) is 4.84. The SMILES string of the molecule is O=C1NCC2CC=c3ncccc3=C2N1. The topological polar surface area (TPSA) is 54.0 Å². The molecule has 3 rings (SSSR count). The van der Waals surface area contributed by atoms with Gasteiger partial charge >= 0.3 is 6.03 Å². The molecule has 2 N–H and O–H groups in total. The van der Waals surface area contributed by atoms with Crippen molar-refractivity contribution in [3.63, 3.8) is 0 Å². The molecule has 1 unspecified atom stereocenters. The summed E-state index contributed by atoms with van der Waals surface area (Å²) < 4.78 is 0. The number of fused-ring (bicyclic) bond motifs is 2. The van der Waals surface area contributed by atoms with Crippen molar-refractivity contribution in [2.45, 2.75) is 6.42 Å². The van der Waals surface area contributed by atoms with Gasteiger partial charge in [-0.3, -0.25) is 4.98 Å². The van der Waals surface area contributed by atoms with Gasteiger partial charge < -0.3 is 10.6 Å². The van der Waals surface area contributed by atoms with Crippen molar-refractivity contribution in [1.29, 1.82) is 0 Å². The second kappa shape index (κ2) is 3.08. The molecule has 0 spiro atoms. The van der Waals surface area contributed by atoms with Crippen molar-refractivity contribution in [3.05, 3.63) is 28.9 Å². The summed E-state index contributed by atoms with van der Waals surface area (Å²) in [5.41, 5.74) is 1.02. The molecule has 1 aliphatic heterocycles.